The molecular formula is C18H19N5O2S. The first-order chi connectivity index (χ1) is 12.4. The summed E-state index contributed by atoms with van der Waals surface area (Å²) in [7, 11) is -3.23. The van der Waals surface area contributed by atoms with Gasteiger partial charge in [-0.25, -0.2) is 8.42 Å². The van der Waals surface area contributed by atoms with E-state index in [4.69, 9.17) is 0 Å². The molecule has 0 N–H and O–H groups in total. The Morgan fingerprint density at radius 1 is 1.12 bits per heavy atom. The van der Waals surface area contributed by atoms with Crippen molar-refractivity contribution in [3.05, 3.63) is 59.9 Å². The van der Waals surface area contributed by atoms with E-state index in [2.05, 4.69) is 45.5 Å². The molecule has 0 amide bonds. The van der Waals surface area contributed by atoms with Gasteiger partial charge < -0.3 is 4.90 Å². The molecule has 2 heterocycles. The van der Waals surface area contributed by atoms with E-state index in [-0.39, 0.29) is 4.90 Å². The molecule has 0 radical (unpaired) electrons. The van der Waals surface area contributed by atoms with Crippen molar-refractivity contribution in [3.63, 3.8) is 0 Å². The summed E-state index contributed by atoms with van der Waals surface area (Å²) in [5.41, 5.74) is 3.27. The minimum Gasteiger partial charge on any atom is -0.361 e. The Labute approximate surface area is 152 Å². The fourth-order valence-corrected chi connectivity index (χ4v) is 3.99. The van der Waals surface area contributed by atoms with Crippen LogP contribution in [0, 0.1) is 0 Å². The van der Waals surface area contributed by atoms with Crippen LogP contribution in [0.15, 0.2) is 53.4 Å². The van der Waals surface area contributed by atoms with Crippen molar-refractivity contribution < 1.29 is 8.42 Å². The Hall–Kier alpha value is -2.74. The van der Waals surface area contributed by atoms with Crippen LogP contribution in [-0.2, 0) is 22.8 Å². The standard InChI is InChI=1S/C18H19N5O2S/c1-13-11-14-5-3-4-6-17(14)22(13)12-18-19-20-21-23(18)15-7-9-16(10-8-15)26(2,24)25/h3-10,13H,11-12H2,1-2H3. The van der Waals surface area contributed by atoms with Gasteiger partial charge in [0.2, 0.25) is 0 Å². The summed E-state index contributed by atoms with van der Waals surface area (Å²) >= 11 is 0. The van der Waals surface area contributed by atoms with Crippen LogP contribution in [0.4, 0.5) is 5.69 Å². The molecule has 3 aromatic rings. The molecule has 7 nitrogen and oxygen atoms in total. The number of hydrogen-bond acceptors (Lipinski definition) is 6. The van der Waals surface area contributed by atoms with Gasteiger partial charge in [0.15, 0.2) is 15.7 Å². The lowest BCUT2D eigenvalue weighted by atomic mass is 10.1. The van der Waals surface area contributed by atoms with Gasteiger partial charge in [0.05, 0.1) is 17.1 Å². The normalized spacial score (nSPS) is 16.7. The van der Waals surface area contributed by atoms with Crippen molar-refractivity contribution in [2.24, 2.45) is 0 Å². The van der Waals surface area contributed by atoms with Crippen molar-refractivity contribution in [2.45, 2.75) is 30.8 Å². The highest BCUT2D eigenvalue weighted by atomic mass is 32.2. The van der Waals surface area contributed by atoms with Gasteiger partial charge in [-0.05, 0) is 59.7 Å². The first-order valence-electron chi connectivity index (χ1n) is 8.36. The molecule has 1 atom stereocenters. The molecule has 26 heavy (non-hydrogen) atoms. The van der Waals surface area contributed by atoms with Crippen LogP contribution in [0.5, 0.6) is 0 Å². The average molecular weight is 369 g/mol. The van der Waals surface area contributed by atoms with E-state index in [1.165, 1.54) is 17.5 Å². The topological polar surface area (TPSA) is 81.0 Å². The van der Waals surface area contributed by atoms with E-state index in [1.54, 1.807) is 28.9 Å². The Morgan fingerprint density at radius 2 is 1.85 bits per heavy atom. The van der Waals surface area contributed by atoms with Crippen LogP contribution in [0.25, 0.3) is 5.69 Å². The van der Waals surface area contributed by atoms with Crippen LogP contribution in [0.2, 0.25) is 0 Å². The van der Waals surface area contributed by atoms with Gasteiger partial charge in [0.1, 0.15) is 0 Å². The number of fused-ring (bicyclic) bond motifs is 1. The Kier molecular flexibility index (Phi) is 3.99. The van der Waals surface area contributed by atoms with E-state index in [1.807, 2.05) is 6.07 Å². The van der Waals surface area contributed by atoms with Gasteiger partial charge in [-0.2, -0.15) is 4.68 Å². The molecule has 0 fully saturated rings. The zero-order chi connectivity index (χ0) is 18.3. The second-order valence-corrected chi connectivity index (χ2v) is 8.60. The average Bonchev–Trinajstić information content (AvgIpc) is 3.19. The summed E-state index contributed by atoms with van der Waals surface area (Å²) < 4.78 is 24.9. The number of anilines is 1. The third-order valence-corrected chi connectivity index (χ3v) is 5.83. The van der Waals surface area contributed by atoms with Gasteiger partial charge in [-0.15, -0.1) is 5.10 Å². The van der Waals surface area contributed by atoms with Gasteiger partial charge in [-0.1, -0.05) is 18.2 Å². The van der Waals surface area contributed by atoms with Crippen LogP contribution in [0.1, 0.15) is 18.3 Å². The third-order valence-electron chi connectivity index (χ3n) is 4.70. The summed E-state index contributed by atoms with van der Waals surface area (Å²) in [6, 6.07) is 15.3. The maximum absolute atomic E-state index is 11.6. The van der Waals surface area contributed by atoms with E-state index in [9.17, 15) is 8.42 Å². The molecule has 0 saturated heterocycles. The van der Waals surface area contributed by atoms with Crippen molar-refractivity contribution in [1.29, 1.82) is 0 Å². The molecule has 0 bridgehead atoms. The number of aromatic nitrogens is 4. The molecule has 2 aromatic carbocycles. The molecule has 0 saturated carbocycles. The minimum absolute atomic E-state index is 0.276. The lowest BCUT2D eigenvalue weighted by molar-refractivity contribution is 0.602. The molecule has 1 aliphatic rings. The predicted octanol–water partition coefficient (Wildman–Crippen LogP) is 2.02. The SMILES string of the molecule is CC1Cc2ccccc2N1Cc1nnnn1-c1ccc(S(C)(=O)=O)cc1. The zero-order valence-electron chi connectivity index (χ0n) is 14.6. The second kappa shape index (κ2) is 6.21. The molecular weight excluding hydrogens is 350 g/mol. The van der Waals surface area contributed by atoms with Crippen molar-refractivity contribution in [2.75, 3.05) is 11.2 Å². The lowest BCUT2D eigenvalue weighted by Crippen LogP contribution is -2.30. The summed E-state index contributed by atoms with van der Waals surface area (Å²) in [4.78, 5) is 2.57. The molecule has 1 unspecified atom stereocenters. The van der Waals surface area contributed by atoms with Crippen molar-refractivity contribution >= 4 is 15.5 Å². The smallest absolute Gasteiger partial charge is 0.175 e. The predicted molar refractivity (Wildman–Crippen MR) is 98.1 cm³/mol. The second-order valence-electron chi connectivity index (χ2n) is 6.58. The highest BCUT2D eigenvalue weighted by Crippen LogP contribution is 2.32. The number of nitrogens with zero attached hydrogens (tertiary/aromatic N) is 5. The number of hydrogen-bond donors (Lipinski definition) is 0. The van der Waals surface area contributed by atoms with E-state index in [0.29, 0.717) is 18.4 Å². The van der Waals surface area contributed by atoms with Crippen LogP contribution < -0.4 is 4.90 Å². The van der Waals surface area contributed by atoms with Gasteiger partial charge in [-0.3, -0.25) is 0 Å². The molecule has 0 spiro atoms. The molecule has 134 valence electrons. The molecule has 1 aliphatic heterocycles. The maximum Gasteiger partial charge on any atom is 0.175 e. The van der Waals surface area contributed by atoms with Crippen LogP contribution in [0.3, 0.4) is 0 Å². The number of benzene rings is 2. The zero-order valence-corrected chi connectivity index (χ0v) is 15.4. The van der Waals surface area contributed by atoms with E-state index >= 15 is 0 Å². The molecule has 4 rings (SSSR count). The molecule has 0 aliphatic carbocycles. The Balaban J connectivity index is 1.64. The lowest BCUT2D eigenvalue weighted by Gasteiger charge is -2.24. The first-order valence-corrected chi connectivity index (χ1v) is 10.2. The number of para-hydroxylation sites is 1. The highest BCUT2D eigenvalue weighted by Gasteiger charge is 2.27. The highest BCUT2D eigenvalue weighted by molar-refractivity contribution is 7.90. The number of sulfone groups is 1. The van der Waals surface area contributed by atoms with Crippen LogP contribution >= 0.6 is 0 Å². The summed E-state index contributed by atoms with van der Waals surface area (Å²) in [5, 5.41) is 12.1. The van der Waals surface area contributed by atoms with Gasteiger partial charge in [0.25, 0.3) is 0 Å². The monoisotopic (exact) mass is 369 g/mol. The summed E-state index contributed by atoms with van der Waals surface area (Å²) in [6.45, 7) is 2.77. The van der Waals surface area contributed by atoms with E-state index < -0.39 is 9.84 Å². The quantitative estimate of drug-likeness (QED) is 0.700. The first kappa shape index (κ1) is 16.7. The Morgan fingerprint density at radius 3 is 2.58 bits per heavy atom. The van der Waals surface area contributed by atoms with Gasteiger partial charge in [0, 0.05) is 18.0 Å². The Bertz CT molecular complexity index is 1040. The number of tetrazole rings is 1. The maximum atomic E-state index is 11.6. The molecule has 1 aromatic heterocycles. The largest absolute Gasteiger partial charge is 0.361 e. The summed E-state index contributed by atoms with van der Waals surface area (Å²) in [6.07, 6.45) is 2.19. The summed E-state index contributed by atoms with van der Waals surface area (Å²) in [5.74, 6) is 0.709. The number of rotatable bonds is 4. The van der Waals surface area contributed by atoms with Gasteiger partial charge >= 0.3 is 0 Å². The van der Waals surface area contributed by atoms with Crippen LogP contribution in [-0.4, -0.2) is 40.9 Å². The minimum atomic E-state index is -3.23. The fraction of sp³-hybridized carbons (Fsp3) is 0.278. The fourth-order valence-electron chi connectivity index (χ4n) is 3.36. The van der Waals surface area contributed by atoms with Crippen molar-refractivity contribution in [1.82, 2.24) is 20.2 Å². The third kappa shape index (κ3) is 2.96. The molecule has 8 heteroatoms. The van der Waals surface area contributed by atoms with E-state index in [0.717, 1.165) is 12.1 Å². The van der Waals surface area contributed by atoms with Crippen molar-refractivity contribution in [3.8, 4) is 5.69 Å².